The summed E-state index contributed by atoms with van der Waals surface area (Å²) in [5, 5.41) is 9.22. The highest BCUT2D eigenvalue weighted by atomic mass is 16.5. The van der Waals surface area contributed by atoms with E-state index in [0.717, 1.165) is 11.1 Å². The minimum absolute atomic E-state index is 0.0670. The lowest BCUT2D eigenvalue weighted by atomic mass is 10.0. The highest BCUT2D eigenvalue weighted by Crippen LogP contribution is 2.27. The van der Waals surface area contributed by atoms with E-state index in [1.165, 1.54) is 5.56 Å². The van der Waals surface area contributed by atoms with Crippen LogP contribution in [-0.4, -0.2) is 6.10 Å². The van der Waals surface area contributed by atoms with Crippen molar-refractivity contribution in [3.05, 3.63) is 53.6 Å². The van der Waals surface area contributed by atoms with Gasteiger partial charge in [-0.2, -0.15) is 5.26 Å². The summed E-state index contributed by atoms with van der Waals surface area (Å²) in [5.74, 6) is 0.647. The molecule has 2 rings (SSSR count). The van der Waals surface area contributed by atoms with Crippen molar-refractivity contribution < 1.29 is 4.74 Å². The largest absolute Gasteiger partial charge is 0.490 e. The molecule has 0 aliphatic heterocycles. The van der Waals surface area contributed by atoms with Crippen LogP contribution in [0.15, 0.2) is 42.5 Å². The Morgan fingerprint density at radius 3 is 2.21 bits per heavy atom. The van der Waals surface area contributed by atoms with Gasteiger partial charge in [-0.15, -0.1) is 0 Å². The highest BCUT2D eigenvalue weighted by molar-refractivity contribution is 5.67. The summed E-state index contributed by atoms with van der Waals surface area (Å²) in [6.07, 6.45) is 0.0670. The lowest BCUT2D eigenvalue weighted by Gasteiger charge is -2.12. The molecule has 19 heavy (non-hydrogen) atoms. The molecule has 0 fully saturated rings. The molecule has 2 aromatic carbocycles. The van der Waals surface area contributed by atoms with Gasteiger partial charge in [-0.05, 0) is 44.0 Å². The van der Waals surface area contributed by atoms with Crippen molar-refractivity contribution in [2.45, 2.75) is 26.9 Å². The van der Waals surface area contributed by atoms with Gasteiger partial charge in [0.2, 0.25) is 0 Å². The van der Waals surface area contributed by atoms with Gasteiger partial charge in [0.25, 0.3) is 0 Å². The molecule has 0 saturated heterocycles. The van der Waals surface area contributed by atoms with Crippen molar-refractivity contribution in [2.75, 3.05) is 0 Å². The molecule has 0 unspecified atom stereocenters. The van der Waals surface area contributed by atoms with Crippen LogP contribution in [0.2, 0.25) is 0 Å². The summed E-state index contributed by atoms with van der Waals surface area (Å²) in [7, 11) is 0. The second kappa shape index (κ2) is 5.58. The first-order valence-electron chi connectivity index (χ1n) is 6.38. The molecule has 0 amide bonds. The normalized spacial score (nSPS) is 10.3. The SMILES string of the molecule is Cc1ccc(-c2ccc(OC(C)C)c(C#N)c2)cc1. The summed E-state index contributed by atoms with van der Waals surface area (Å²) < 4.78 is 5.62. The highest BCUT2D eigenvalue weighted by Gasteiger charge is 2.07. The molecular weight excluding hydrogens is 234 g/mol. The molecule has 96 valence electrons. The number of hydrogen-bond donors (Lipinski definition) is 0. The third-order valence-electron chi connectivity index (χ3n) is 2.85. The maximum Gasteiger partial charge on any atom is 0.137 e. The lowest BCUT2D eigenvalue weighted by Crippen LogP contribution is -2.06. The first kappa shape index (κ1) is 13.2. The van der Waals surface area contributed by atoms with Crippen LogP contribution >= 0.6 is 0 Å². The molecule has 0 N–H and O–H groups in total. The van der Waals surface area contributed by atoms with Crippen LogP contribution in [0.1, 0.15) is 25.0 Å². The number of rotatable bonds is 3. The summed E-state index contributed by atoms with van der Waals surface area (Å²) in [4.78, 5) is 0. The van der Waals surface area contributed by atoms with Gasteiger partial charge in [-0.3, -0.25) is 0 Å². The minimum atomic E-state index is 0.0670. The smallest absolute Gasteiger partial charge is 0.137 e. The Labute approximate surface area is 114 Å². The van der Waals surface area contributed by atoms with Gasteiger partial charge in [-0.25, -0.2) is 0 Å². The number of aryl methyl sites for hydroxylation is 1. The number of benzene rings is 2. The second-order valence-corrected chi connectivity index (χ2v) is 4.86. The Hall–Kier alpha value is -2.27. The van der Waals surface area contributed by atoms with Gasteiger partial charge >= 0.3 is 0 Å². The molecular formula is C17H17NO. The third-order valence-corrected chi connectivity index (χ3v) is 2.85. The van der Waals surface area contributed by atoms with E-state index in [0.29, 0.717) is 11.3 Å². The molecule has 0 bridgehead atoms. The maximum atomic E-state index is 9.22. The van der Waals surface area contributed by atoms with Crippen LogP contribution in [0.4, 0.5) is 0 Å². The zero-order valence-electron chi connectivity index (χ0n) is 11.5. The molecule has 0 spiro atoms. The first-order valence-corrected chi connectivity index (χ1v) is 6.38. The standard InChI is InChI=1S/C17H17NO/c1-12(2)19-17-9-8-15(10-16(17)11-18)14-6-4-13(3)5-7-14/h4-10,12H,1-3H3. The molecule has 2 aromatic rings. The number of nitriles is 1. The molecule has 0 atom stereocenters. The van der Waals surface area contributed by atoms with Crippen LogP contribution in [0.5, 0.6) is 5.75 Å². The zero-order chi connectivity index (χ0) is 13.8. The average molecular weight is 251 g/mol. The summed E-state index contributed by atoms with van der Waals surface area (Å²) in [5.41, 5.74) is 3.95. The lowest BCUT2D eigenvalue weighted by molar-refractivity contribution is 0.242. The van der Waals surface area contributed by atoms with Crippen LogP contribution in [-0.2, 0) is 0 Å². The van der Waals surface area contributed by atoms with E-state index in [9.17, 15) is 5.26 Å². The quantitative estimate of drug-likeness (QED) is 0.813. The molecule has 0 aromatic heterocycles. The van der Waals surface area contributed by atoms with Gasteiger partial charge < -0.3 is 4.74 Å². The van der Waals surface area contributed by atoms with Crippen LogP contribution in [0.25, 0.3) is 11.1 Å². The average Bonchev–Trinajstić information content (AvgIpc) is 2.39. The van der Waals surface area contributed by atoms with E-state index < -0.39 is 0 Å². The number of hydrogen-bond acceptors (Lipinski definition) is 2. The van der Waals surface area contributed by atoms with Crippen LogP contribution in [0, 0.1) is 18.3 Å². The molecule has 0 radical (unpaired) electrons. The van der Waals surface area contributed by atoms with Crippen molar-refractivity contribution in [1.29, 1.82) is 5.26 Å². The molecule has 0 saturated carbocycles. The summed E-state index contributed by atoms with van der Waals surface area (Å²) >= 11 is 0. The van der Waals surface area contributed by atoms with Gasteiger partial charge in [0.15, 0.2) is 0 Å². The van der Waals surface area contributed by atoms with E-state index >= 15 is 0 Å². The van der Waals surface area contributed by atoms with Crippen LogP contribution in [0.3, 0.4) is 0 Å². The fourth-order valence-corrected chi connectivity index (χ4v) is 1.90. The van der Waals surface area contributed by atoms with Gasteiger partial charge in [0.05, 0.1) is 11.7 Å². The van der Waals surface area contributed by atoms with Crippen molar-refractivity contribution in [3.63, 3.8) is 0 Å². The Morgan fingerprint density at radius 1 is 1.00 bits per heavy atom. The monoisotopic (exact) mass is 251 g/mol. The first-order chi connectivity index (χ1) is 9.10. The van der Waals surface area contributed by atoms with Gasteiger partial charge in [0, 0.05) is 0 Å². The van der Waals surface area contributed by atoms with E-state index in [1.807, 2.05) is 32.0 Å². The van der Waals surface area contributed by atoms with Gasteiger partial charge in [0.1, 0.15) is 11.8 Å². The Kier molecular flexibility index (Phi) is 3.87. The Morgan fingerprint density at radius 2 is 1.63 bits per heavy atom. The molecule has 0 aliphatic carbocycles. The van der Waals surface area contributed by atoms with E-state index in [1.54, 1.807) is 0 Å². The number of ether oxygens (including phenoxy) is 1. The van der Waals surface area contributed by atoms with E-state index in [2.05, 4.69) is 37.3 Å². The summed E-state index contributed by atoms with van der Waals surface area (Å²) in [6.45, 7) is 5.97. The zero-order valence-corrected chi connectivity index (χ0v) is 11.5. The van der Waals surface area contributed by atoms with Crippen LogP contribution < -0.4 is 4.74 Å². The molecule has 2 nitrogen and oxygen atoms in total. The Balaban J connectivity index is 2.39. The molecule has 2 heteroatoms. The predicted octanol–water partition coefficient (Wildman–Crippen LogP) is 4.32. The molecule has 0 aliphatic rings. The van der Waals surface area contributed by atoms with Crippen molar-refractivity contribution in [2.24, 2.45) is 0 Å². The minimum Gasteiger partial charge on any atom is -0.490 e. The van der Waals surface area contributed by atoms with Crippen molar-refractivity contribution >= 4 is 0 Å². The topological polar surface area (TPSA) is 33.0 Å². The summed E-state index contributed by atoms with van der Waals surface area (Å²) in [6, 6.07) is 16.2. The molecule has 0 heterocycles. The predicted molar refractivity (Wildman–Crippen MR) is 77.1 cm³/mol. The van der Waals surface area contributed by atoms with Crippen molar-refractivity contribution in [1.82, 2.24) is 0 Å². The second-order valence-electron chi connectivity index (χ2n) is 4.86. The maximum absolute atomic E-state index is 9.22. The fraction of sp³-hybridized carbons (Fsp3) is 0.235. The van der Waals surface area contributed by atoms with Gasteiger partial charge in [-0.1, -0.05) is 35.9 Å². The Bertz CT molecular complexity index is 606. The third kappa shape index (κ3) is 3.14. The number of nitrogens with zero attached hydrogens (tertiary/aromatic N) is 1. The van der Waals surface area contributed by atoms with E-state index in [-0.39, 0.29) is 6.10 Å². The fourth-order valence-electron chi connectivity index (χ4n) is 1.90. The van der Waals surface area contributed by atoms with E-state index in [4.69, 9.17) is 4.74 Å². The van der Waals surface area contributed by atoms with Crippen molar-refractivity contribution in [3.8, 4) is 22.9 Å².